The van der Waals surface area contributed by atoms with Crippen LogP contribution in [-0.4, -0.2) is 29.6 Å². The van der Waals surface area contributed by atoms with E-state index in [1.54, 1.807) is 29.8 Å². The number of nitrogens with one attached hydrogen (secondary N) is 2. The van der Waals surface area contributed by atoms with E-state index in [-0.39, 0.29) is 12.0 Å². The third-order valence-electron chi connectivity index (χ3n) is 5.22. The number of amides is 2. The van der Waals surface area contributed by atoms with Crippen molar-refractivity contribution in [3.63, 3.8) is 0 Å². The molecule has 4 rings (SSSR count). The summed E-state index contributed by atoms with van der Waals surface area (Å²) in [6, 6.07) is 7.97. The van der Waals surface area contributed by atoms with Crippen molar-refractivity contribution in [1.29, 1.82) is 5.26 Å². The van der Waals surface area contributed by atoms with E-state index in [1.165, 1.54) is 17.4 Å². The molecule has 0 aliphatic heterocycles. The molecule has 0 spiro atoms. The first-order valence-corrected chi connectivity index (χ1v) is 12.3. The van der Waals surface area contributed by atoms with Gasteiger partial charge in [-0.2, -0.15) is 16.6 Å². The first-order valence-electron chi connectivity index (χ1n) is 10.5. The summed E-state index contributed by atoms with van der Waals surface area (Å²) in [7, 11) is 0. The van der Waals surface area contributed by atoms with E-state index in [0.29, 0.717) is 42.8 Å². The van der Waals surface area contributed by atoms with Crippen molar-refractivity contribution < 1.29 is 14.3 Å². The van der Waals surface area contributed by atoms with E-state index in [9.17, 15) is 14.9 Å². The highest BCUT2D eigenvalue weighted by Crippen LogP contribution is 2.38. The van der Waals surface area contributed by atoms with Crippen LogP contribution in [0.25, 0.3) is 6.08 Å². The minimum Gasteiger partial charge on any atom is -0.446 e. The highest BCUT2D eigenvalue weighted by atomic mass is 32.1. The molecular weight excluding hydrogens is 456 g/mol. The quantitative estimate of drug-likeness (QED) is 0.485. The molecule has 3 heterocycles. The van der Waals surface area contributed by atoms with Gasteiger partial charge in [0.1, 0.15) is 17.2 Å². The second-order valence-corrected chi connectivity index (χ2v) is 9.39. The Hall–Kier alpha value is -3.48. The van der Waals surface area contributed by atoms with Crippen LogP contribution in [0.3, 0.4) is 0 Å². The van der Waals surface area contributed by atoms with Crippen LogP contribution in [0.15, 0.2) is 47.4 Å². The van der Waals surface area contributed by atoms with Gasteiger partial charge in [0.15, 0.2) is 0 Å². The molecule has 9 heteroatoms. The van der Waals surface area contributed by atoms with Crippen molar-refractivity contribution in [3.8, 4) is 6.07 Å². The Morgan fingerprint density at radius 1 is 1.36 bits per heavy atom. The summed E-state index contributed by atoms with van der Waals surface area (Å²) in [5.41, 5.74) is 3.45. The number of carbonyl (C=O) groups is 2. The molecule has 7 nitrogen and oxygen atoms in total. The van der Waals surface area contributed by atoms with Gasteiger partial charge in [0, 0.05) is 36.3 Å². The summed E-state index contributed by atoms with van der Waals surface area (Å²) in [5, 5.41) is 19.7. The van der Waals surface area contributed by atoms with Gasteiger partial charge in [0.05, 0.1) is 5.56 Å². The van der Waals surface area contributed by atoms with Gasteiger partial charge in [-0.05, 0) is 64.9 Å². The van der Waals surface area contributed by atoms with E-state index < -0.39 is 6.09 Å². The zero-order valence-corrected chi connectivity index (χ0v) is 19.4. The van der Waals surface area contributed by atoms with Gasteiger partial charge < -0.3 is 15.4 Å². The molecule has 0 saturated heterocycles. The van der Waals surface area contributed by atoms with Crippen molar-refractivity contribution in [1.82, 2.24) is 10.3 Å². The summed E-state index contributed by atoms with van der Waals surface area (Å²) >= 11 is 2.94. The molecule has 2 amide bonds. The average Bonchev–Trinajstić information content (AvgIpc) is 3.45. The van der Waals surface area contributed by atoms with Gasteiger partial charge in [-0.15, -0.1) is 11.3 Å². The highest BCUT2D eigenvalue weighted by molar-refractivity contribution is 7.16. The molecule has 0 saturated carbocycles. The normalized spacial score (nSPS) is 14.9. The molecule has 3 aromatic rings. The summed E-state index contributed by atoms with van der Waals surface area (Å²) in [5.74, 6) is -0.280. The minimum atomic E-state index is -0.448. The minimum absolute atomic E-state index is 0.261. The highest BCUT2D eigenvalue weighted by Gasteiger charge is 2.28. The van der Waals surface area contributed by atoms with Crippen molar-refractivity contribution in [2.75, 3.05) is 11.9 Å². The molecule has 3 aromatic heterocycles. The zero-order valence-electron chi connectivity index (χ0n) is 17.7. The van der Waals surface area contributed by atoms with Gasteiger partial charge >= 0.3 is 6.09 Å². The fourth-order valence-electron chi connectivity index (χ4n) is 3.61. The van der Waals surface area contributed by atoms with Crippen LogP contribution < -0.4 is 10.6 Å². The smallest absolute Gasteiger partial charge is 0.407 e. The fraction of sp³-hybridized carbons (Fsp3) is 0.250. The van der Waals surface area contributed by atoms with Gasteiger partial charge in [-0.1, -0.05) is 6.07 Å². The van der Waals surface area contributed by atoms with Crippen molar-refractivity contribution >= 4 is 45.8 Å². The van der Waals surface area contributed by atoms with Crippen molar-refractivity contribution in [2.24, 2.45) is 0 Å². The number of carbonyl (C=O) groups excluding carboxylic acids is 2. The lowest BCUT2D eigenvalue weighted by atomic mass is 9.94. The molecule has 1 aliphatic rings. The Balaban J connectivity index is 1.31. The van der Waals surface area contributed by atoms with Crippen LogP contribution in [-0.2, 0) is 28.8 Å². The number of hydrogen-bond acceptors (Lipinski definition) is 7. The molecule has 33 heavy (non-hydrogen) atoms. The zero-order chi connectivity index (χ0) is 23.0. The van der Waals surface area contributed by atoms with Gasteiger partial charge in [0.2, 0.25) is 5.91 Å². The maximum atomic E-state index is 12.3. The van der Waals surface area contributed by atoms with E-state index >= 15 is 0 Å². The van der Waals surface area contributed by atoms with Gasteiger partial charge in [-0.3, -0.25) is 9.78 Å². The predicted octanol–water partition coefficient (Wildman–Crippen LogP) is 4.55. The van der Waals surface area contributed by atoms with Crippen LogP contribution in [0.4, 0.5) is 9.80 Å². The Morgan fingerprint density at radius 3 is 3.03 bits per heavy atom. The monoisotopic (exact) mass is 478 g/mol. The van der Waals surface area contributed by atoms with E-state index in [1.807, 2.05) is 29.0 Å². The van der Waals surface area contributed by atoms with Gasteiger partial charge in [-0.25, -0.2) is 4.79 Å². The van der Waals surface area contributed by atoms with E-state index in [2.05, 4.69) is 21.7 Å². The molecule has 0 fully saturated rings. The van der Waals surface area contributed by atoms with E-state index in [0.717, 1.165) is 21.6 Å². The third kappa shape index (κ3) is 6.06. The Labute approximate surface area is 199 Å². The van der Waals surface area contributed by atoms with Gasteiger partial charge in [0.25, 0.3) is 0 Å². The maximum Gasteiger partial charge on any atom is 0.407 e. The molecule has 1 unspecified atom stereocenters. The number of nitrogens with zero attached hydrogens (tertiary/aromatic N) is 2. The number of fused-ring (bicyclic) bond motifs is 1. The fourth-order valence-corrected chi connectivity index (χ4v) is 5.50. The van der Waals surface area contributed by atoms with E-state index in [4.69, 9.17) is 4.74 Å². The lowest BCUT2D eigenvalue weighted by Crippen LogP contribution is -2.33. The van der Waals surface area contributed by atoms with Crippen LogP contribution in [0, 0.1) is 11.3 Å². The van der Waals surface area contributed by atoms with Crippen molar-refractivity contribution in [3.05, 3.63) is 74.6 Å². The standard InChI is InChI=1S/C24H22N4O3S2/c25-13-20-19-5-4-18(31-24(30)27-10-7-16-2-1-9-26-14-16)12-21(19)33-23(20)28-22(29)6-3-17-8-11-32-15-17/h1-3,6,8-9,11,14-15,18H,4-5,7,10,12H2,(H,27,30)(H,28,29)/b6-3+. The first-order chi connectivity index (χ1) is 16.1. The SMILES string of the molecule is N#Cc1c(NC(=O)/C=C/c2ccsc2)sc2c1CCC(OC(=O)NCCc1cccnc1)C2. The number of alkyl carbamates (subject to hydrolysis) is 1. The molecule has 1 aliphatic carbocycles. The van der Waals surface area contributed by atoms with Crippen LogP contribution in [0.2, 0.25) is 0 Å². The summed E-state index contributed by atoms with van der Waals surface area (Å²) < 4.78 is 5.59. The first kappa shape index (κ1) is 22.7. The molecule has 0 aromatic carbocycles. The topological polar surface area (TPSA) is 104 Å². The Morgan fingerprint density at radius 2 is 2.27 bits per heavy atom. The summed E-state index contributed by atoms with van der Waals surface area (Å²) in [6.45, 7) is 0.467. The van der Waals surface area contributed by atoms with Crippen molar-refractivity contribution in [2.45, 2.75) is 31.8 Å². The molecule has 0 bridgehead atoms. The van der Waals surface area contributed by atoms with Crippen LogP contribution >= 0.6 is 22.7 Å². The summed E-state index contributed by atoms with van der Waals surface area (Å²) in [6.07, 6.45) is 8.45. The Kier molecular flexibility index (Phi) is 7.50. The molecular formula is C24H22N4O3S2. The molecule has 0 radical (unpaired) electrons. The number of anilines is 1. The third-order valence-corrected chi connectivity index (χ3v) is 7.09. The number of pyridine rings is 1. The van der Waals surface area contributed by atoms with Crippen LogP contribution in [0.5, 0.6) is 0 Å². The Bertz CT molecular complexity index is 1180. The average molecular weight is 479 g/mol. The second-order valence-electron chi connectivity index (χ2n) is 7.51. The number of nitriles is 1. The largest absolute Gasteiger partial charge is 0.446 e. The number of thiophene rings is 2. The molecule has 2 N–H and O–H groups in total. The molecule has 1 atom stereocenters. The lowest BCUT2D eigenvalue weighted by molar-refractivity contribution is -0.111. The predicted molar refractivity (Wildman–Crippen MR) is 129 cm³/mol. The summed E-state index contributed by atoms with van der Waals surface area (Å²) in [4.78, 5) is 29.6. The number of ether oxygens (including phenoxy) is 1. The second kappa shape index (κ2) is 10.9. The number of aromatic nitrogens is 1. The number of hydrogen-bond donors (Lipinski definition) is 2. The number of rotatable bonds is 7. The lowest BCUT2D eigenvalue weighted by Gasteiger charge is -2.22. The van der Waals surface area contributed by atoms with Crippen LogP contribution in [0.1, 0.15) is 33.6 Å². The molecule has 168 valence electrons. The maximum absolute atomic E-state index is 12.3.